The van der Waals surface area contributed by atoms with Gasteiger partial charge in [0.05, 0.1) is 16.8 Å². The van der Waals surface area contributed by atoms with E-state index in [1.165, 1.54) is 0 Å². The number of para-hydroxylation sites is 1. The zero-order chi connectivity index (χ0) is 20.8. The molecule has 1 aliphatic rings. The molecule has 1 aromatic heterocycles. The van der Waals surface area contributed by atoms with Crippen molar-refractivity contribution >= 4 is 40.1 Å². The first-order valence-electron chi connectivity index (χ1n) is 9.85. The van der Waals surface area contributed by atoms with Crippen LogP contribution in [-0.4, -0.2) is 16.1 Å². The van der Waals surface area contributed by atoms with Gasteiger partial charge >= 0.3 is 5.97 Å². The minimum Gasteiger partial charge on any atom is -0.478 e. The van der Waals surface area contributed by atoms with Gasteiger partial charge in [-0.05, 0) is 65.1 Å². The van der Waals surface area contributed by atoms with E-state index in [2.05, 4.69) is 26.8 Å². The Morgan fingerprint density at radius 2 is 1.79 bits per heavy atom. The lowest BCUT2D eigenvalue weighted by molar-refractivity contribution is 0.0696. The lowest BCUT2D eigenvalue weighted by atomic mass is 9.69. The van der Waals surface area contributed by atoms with Gasteiger partial charge in [0.1, 0.15) is 0 Å². The first kappa shape index (κ1) is 19.7. The van der Waals surface area contributed by atoms with Crippen LogP contribution in [0.4, 0.5) is 0 Å². The third-order valence-corrected chi connectivity index (χ3v) is 6.12. The van der Waals surface area contributed by atoms with Crippen molar-refractivity contribution in [3.8, 4) is 0 Å². The summed E-state index contributed by atoms with van der Waals surface area (Å²) in [6, 6.07) is 15.2. The molecule has 0 amide bonds. The highest BCUT2D eigenvalue weighted by Gasteiger charge is 2.35. The van der Waals surface area contributed by atoms with Gasteiger partial charge < -0.3 is 5.11 Å². The fraction of sp³-hybridized carbons (Fsp3) is 0.280. The van der Waals surface area contributed by atoms with E-state index in [4.69, 9.17) is 16.6 Å². The number of rotatable bonds is 2. The SMILES string of the molecule is CC(C)(C)C1C/C(=C\c2ccc(Cl)cc2)c2nc3ccccc3c(C(=O)O)c2C1. The molecule has 2 aromatic carbocycles. The molecule has 4 rings (SSSR count). The average Bonchev–Trinajstić information content (AvgIpc) is 2.67. The van der Waals surface area contributed by atoms with Crippen LogP contribution in [0.15, 0.2) is 48.5 Å². The van der Waals surface area contributed by atoms with Crippen molar-refractivity contribution in [1.29, 1.82) is 0 Å². The number of aromatic nitrogens is 1. The number of carboxylic acid groups (broad SMARTS) is 1. The van der Waals surface area contributed by atoms with E-state index in [1.54, 1.807) is 0 Å². The number of aromatic carboxylic acids is 1. The summed E-state index contributed by atoms with van der Waals surface area (Å²) >= 11 is 6.04. The van der Waals surface area contributed by atoms with Crippen molar-refractivity contribution in [2.75, 3.05) is 0 Å². The molecule has 29 heavy (non-hydrogen) atoms. The van der Waals surface area contributed by atoms with Gasteiger partial charge in [-0.25, -0.2) is 9.78 Å². The average molecular weight is 406 g/mol. The van der Waals surface area contributed by atoms with E-state index < -0.39 is 5.97 Å². The van der Waals surface area contributed by atoms with Crippen LogP contribution in [0.3, 0.4) is 0 Å². The molecule has 0 saturated heterocycles. The fourth-order valence-electron chi connectivity index (χ4n) is 4.14. The van der Waals surface area contributed by atoms with Gasteiger partial charge in [0.15, 0.2) is 0 Å². The lowest BCUT2D eigenvalue weighted by Gasteiger charge is -2.36. The van der Waals surface area contributed by atoms with Crippen molar-refractivity contribution in [3.05, 3.63) is 75.9 Å². The zero-order valence-electron chi connectivity index (χ0n) is 16.9. The molecule has 0 saturated carbocycles. The molecule has 3 nitrogen and oxygen atoms in total. The van der Waals surface area contributed by atoms with Gasteiger partial charge in [0.2, 0.25) is 0 Å². The zero-order valence-corrected chi connectivity index (χ0v) is 17.6. The topological polar surface area (TPSA) is 50.2 Å². The molecule has 1 heterocycles. The number of carbonyl (C=O) groups is 1. The largest absolute Gasteiger partial charge is 0.478 e. The molecular formula is C25H24ClNO2. The van der Waals surface area contributed by atoms with E-state index in [0.29, 0.717) is 21.9 Å². The molecule has 0 spiro atoms. The fourth-order valence-corrected chi connectivity index (χ4v) is 4.27. The van der Waals surface area contributed by atoms with Crippen molar-refractivity contribution < 1.29 is 9.90 Å². The van der Waals surface area contributed by atoms with E-state index in [0.717, 1.165) is 40.8 Å². The van der Waals surface area contributed by atoms with Crippen LogP contribution in [-0.2, 0) is 6.42 Å². The Labute approximate surface area is 176 Å². The first-order chi connectivity index (χ1) is 13.7. The summed E-state index contributed by atoms with van der Waals surface area (Å²) in [6.07, 6.45) is 3.71. The quantitative estimate of drug-likeness (QED) is 0.513. The van der Waals surface area contributed by atoms with Gasteiger partial charge in [-0.1, -0.05) is 62.7 Å². The molecule has 0 bridgehead atoms. The summed E-state index contributed by atoms with van der Waals surface area (Å²) in [6.45, 7) is 6.66. The van der Waals surface area contributed by atoms with Crippen molar-refractivity contribution in [2.24, 2.45) is 11.3 Å². The van der Waals surface area contributed by atoms with Crippen molar-refractivity contribution in [1.82, 2.24) is 4.98 Å². The molecule has 1 N–H and O–H groups in total. The molecule has 1 atom stereocenters. The molecule has 148 valence electrons. The summed E-state index contributed by atoms with van der Waals surface area (Å²) in [5.41, 5.74) is 4.96. The summed E-state index contributed by atoms with van der Waals surface area (Å²) < 4.78 is 0. The number of carboxylic acids is 1. The van der Waals surface area contributed by atoms with Crippen LogP contribution in [0.2, 0.25) is 5.02 Å². The highest BCUT2D eigenvalue weighted by Crippen LogP contribution is 2.44. The van der Waals surface area contributed by atoms with Gasteiger partial charge in [0, 0.05) is 10.4 Å². The smallest absolute Gasteiger partial charge is 0.336 e. The Kier molecular flexibility index (Phi) is 4.95. The van der Waals surface area contributed by atoms with E-state index >= 15 is 0 Å². The maximum absolute atomic E-state index is 12.3. The lowest BCUT2D eigenvalue weighted by Crippen LogP contribution is -2.28. The molecule has 3 aromatic rings. The van der Waals surface area contributed by atoms with Gasteiger partial charge in [-0.3, -0.25) is 0 Å². The van der Waals surface area contributed by atoms with Crippen LogP contribution in [0.5, 0.6) is 0 Å². The molecule has 1 aliphatic carbocycles. The van der Waals surface area contributed by atoms with Crippen LogP contribution < -0.4 is 0 Å². The van der Waals surface area contributed by atoms with Gasteiger partial charge in [-0.15, -0.1) is 0 Å². The normalized spacial score (nSPS) is 18.1. The van der Waals surface area contributed by atoms with E-state index in [9.17, 15) is 9.90 Å². The summed E-state index contributed by atoms with van der Waals surface area (Å²) in [4.78, 5) is 17.2. The Bertz CT molecular complexity index is 1120. The maximum atomic E-state index is 12.3. The Hall–Kier alpha value is -2.65. The summed E-state index contributed by atoms with van der Waals surface area (Å²) in [5, 5.41) is 11.5. The maximum Gasteiger partial charge on any atom is 0.336 e. The molecule has 0 radical (unpaired) electrons. The predicted molar refractivity (Wildman–Crippen MR) is 119 cm³/mol. The number of fused-ring (bicyclic) bond motifs is 2. The third-order valence-electron chi connectivity index (χ3n) is 5.86. The standard InChI is InChI=1S/C25H24ClNO2/c1-25(2,3)17-13-16(12-15-8-10-18(26)11-9-15)23-20(14-17)22(24(28)29)19-6-4-5-7-21(19)27-23/h4-12,17H,13-14H2,1-3H3,(H,28,29)/b16-12+. The Balaban J connectivity index is 1.99. The highest BCUT2D eigenvalue weighted by molar-refractivity contribution is 6.30. The molecule has 0 fully saturated rings. The van der Waals surface area contributed by atoms with Crippen LogP contribution in [0, 0.1) is 11.3 Å². The second kappa shape index (κ2) is 7.31. The number of benzene rings is 2. The van der Waals surface area contributed by atoms with Crippen LogP contribution in [0.1, 0.15) is 54.4 Å². The van der Waals surface area contributed by atoms with Crippen LogP contribution >= 0.6 is 11.6 Å². The van der Waals surface area contributed by atoms with Gasteiger partial charge in [0.25, 0.3) is 0 Å². The van der Waals surface area contributed by atoms with E-state index in [1.807, 2.05) is 48.5 Å². The second-order valence-corrected chi connectivity index (χ2v) is 9.27. The first-order valence-corrected chi connectivity index (χ1v) is 10.2. The number of hydrogen-bond acceptors (Lipinski definition) is 2. The number of pyridine rings is 1. The van der Waals surface area contributed by atoms with E-state index in [-0.39, 0.29) is 5.41 Å². The third kappa shape index (κ3) is 3.79. The molecule has 1 unspecified atom stereocenters. The van der Waals surface area contributed by atoms with Gasteiger partial charge in [-0.2, -0.15) is 0 Å². The minimum absolute atomic E-state index is 0.0538. The number of nitrogens with zero attached hydrogens (tertiary/aromatic N) is 1. The highest BCUT2D eigenvalue weighted by atomic mass is 35.5. The second-order valence-electron chi connectivity index (χ2n) is 8.83. The summed E-state index contributed by atoms with van der Waals surface area (Å²) in [7, 11) is 0. The van der Waals surface area contributed by atoms with Crippen LogP contribution in [0.25, 0.3) is 22.6 Å². The molecule has 0 aliphatic heterocycles. The monoisotopic (exact) mass is 405 g/mol. The molecular weight excluding hydrogens is 382 g/mol. The number of allylic oxidation sites excluding steroid dienone is 1. The predicted octanol–water partition coefficient (Wildman–Crippen LogP) is 6.74. The molecule has 4 heteroatoms. The summed E-state index contributed by atoms with van der Waals surface area (Å²) in [5.74, 6) is -0.560. The number of halogens is 1. The van der Waals surface area contributed by atoms with Crippen molar-refractivity contribution in [3.63, 3.8) is 0 Å². The van der Waals surface area contributed by atoms with Crippen molar-refractivity contribution in [2.45, 2.75) is 33.6 Å². The Morgan fingerprint density at radius 3 is 2.45 bits per heavy atom. The Morgan fingerprint density at radius 1 is 1.10 bits per heavy atom. The minimum atomic E-state index is -0.889. The number of hydrogen-bond donors (Lipinski definition) is 1.